The predicted molar refractivity (Wildman–Crippen MR) is 96.5 cm³/mol. The van der Waals surface area contributed by atoms with Crippen LogP contribution >= 0.6 is 0 Å². The minimum atomic E-state index is -0.884. The number of hydrogen-bond acceptors (Lipinski definition) is 3. The summed E-state index contributed by atoms with van der Waals surface area (Å²) < 4.78 is 2.20. The van der Waals surface area contributed by atoms with Crippen LogP contribution in [0.5, 0.6) is 0 Å². The molecule has 128 valence electrons. The summed E-state index contributed by atoms with van der Waals surface area (Å²) in [7, 11) is 2.09. The van der Waals surface area contributed by atoms with Crippen molar-refractivity contribution < 1.29 is 9.90 Å². The predicted octanol–water partition coefficient (Wildman–Crippen LogP) is 3.61. The molecule has 0 radical (unpaired) electrons. The average molecular weight is 335 g/mol. The zero-order chi connectivity index (χ0) is 17.4. The zero-order valence-corrected chi connectivity index (χ0v) is 14.2. The molecule has 1 N–H and O–H groups in total. The molecule has 0 saturated carbocycles. The molecule has 4 rings (SSSR count). The SMILES string of the molecule is Cn1c(C2CCCN2Cc2ccc(C(=O)O)cc2)nc2ccccc21. The standard InChI is InChI=1S/C20H21N3O2/c1-22-17-6-3-2-5-16(17)21-19(22)18-7-4-12-23(18)13-14-8-10-15(11-9-14)20(24)25/h2-3,5-6,8-11,18H,4,7,12-13H2,1H3,(H,24,25). The van der Waals surface area contributed by atoms with Crippen LogP contribution in [0, 0.1) is 0 Å². The van der Waals surface area contributed by atoms with Gasteiger partial charge in [0.15, 0.2) is 0 Å². The third kappa shape index (κ3) is 2.91. The van der Waals surface area contributed by atoms with Gasteiger partial charge < -0.3 is 9.67 Å². The molecule has 1 unspecified atom stereocenters. The summed E-state index contributed by atoms with van der Waals surface area (Å²) in [5.41, 5.74) is 3.67. The van der Waals surface area contributed by atoms with Gasteiger partial charge in [0, 0.05) is 13.6 Å². The topological polar surface area (TPSA) is 58.4 Å². The first-order valence-corrected chi connectivity index (χ1v) is 8.61. The van der Waals surface area contributed by atoms with Crippen LogP contribution in [0.15, 0.2) is 48.5 Å². The van der Waals surface area contributed by atoms with Crippen LogP contribution in [0.3, 0.4) is 0 Å². The van der Waals surface area contributed by atoms with Crippen molar-refractivity contribution in [2.24, 2.45) is 7.05 Å². The van der Waals surface area contributed by atoms with Crippen LogP contribution in [-0.4, -0.2) is 32.1 Å². The van der Waals surface area contributed by atoms with Crippen molar-refractivity contribution in [1.29, 1.82) is 0 Å². The molecule has 1 aromatic heterocycles. The summed E-state index contributed by atoms with van der Waals surface area (Å²) in [6.07, 6.45) is 2.26. The number of aromatic carboxylic acids is 1. The number of carbonyl (C=O) groups is 1. The molecule has 0 amide bonds. The van der Waals surface area contributed by atoms with Crippen LogP contribution in [0.2, 0.25) is 0 Å². The van der Waals surface area contributed by atoms with Gasteiger partial charge >= 0.3 is 5.97 Å². The average Bonchev–Trinajstić information content (AvgIpc) is 3.20. The van der Waals surface area contributed by atoms with Crippen LogP contribution in [0.1, 0.15) is 40.6 Å². The summed E-state index contributed by atoms with van der Waals surface area (Å²) in [6.45, 7) is 1.85. The van der Waals surface area contributed by atoms with Crippen LogP contribution in [-0.2, 0) is 13.6 Å². The highest BCUT2D eigenvalue weighted by Crippen LogP contribution is 2.33. The lowest BCUT2D eigenvalue weighted by atomic mass is 10.1. The fraction of sp³-hybridized carbons (Fsp3) is 0.300. The monoisotopic (exact) mass is 335 g/mol. The highest BCUT2D eigenvalue weighted by molar-refractivity contribution is 5.87. The van der Waals surface area contributed by atoms with Gasteiger partial charge in [0.25, 0.3) is 0 Å². The number of aromatic nitrogens is 2. The first-order chi connectivity index (χ1) is 12.1. The zero-order valence-electron chi connectivity index (χ0n) is 14.2. The second-order valence-electron chi connectivity index (χ2n) is 6.65. The Bertz CT molecular complexity index is 914. The molecule has 0 spiro atoms. The number of rotatable bonds is 4. The number of para-hydroxylation sites is 2. The fourth-order valence-corrected chi connectivity index (χ4v) is 3.76. The lowest BCUT2D eigenvalue weighted by molar-refractivity contribution is 0.0697. The Morgan fingerprint density at radius 2 is 1.96 bits per heavy atom. The van der Waals surface area contributed by atoms with E-state index in [1.165, 1.54) is 0 Å². The van der Waals surface area contributed by atoms with Gasteiger partial charge in [0.2, 0.25) is 0 Å². The van der Waals surface area contributed by atoms with Crippen molar-refractivity contribution in [1.82, 2.24) is 14.5 Å². The molecule has 0 aliphatic carbocycles. The van der Waals surface area contributed by atoms with Gasteiger partial charge in [0.1, 0.15) is 5.82 Å². The molecule has 2 aromatic carbocycles. The van der Waals surface area contributed by atoms with E-state index in [4.69, 9.17) is 10.1 Å². The van der Waals surface area contributed by atoms with Crippen molar-refractivity contribution in [3.63, 3.8) is 0 Å². The Morgan fingerprint density at radius 3 is 2.68 bits per heavy atom. The number of carboxylic acid groups (broad SMARTS) is 1. The summed E-state index contributed by atoms with van der Waals surface area (Å²) in [5, 5.41) is 9.03. The summed E-state index contributed by atoms with van der Waals surface area (Å²) in [4.78, 5) is 18.3. The van der Waals surface area contributed by atoms with E-state index >= 15 is 0 Å². The van der Waals surface area contributed by atoms with Crippen molar-refractivity contribution in [2.75, 3.05) is 6.54 Å². The number of hydrogen-bond donors (Lipinski definition) is 1. The summed E-state index contributed by atoms with van der Waals surface area (Å²) in [5.74, 6) is 0.228. The lowest BCUT2D eigenvalue weighted by Gasteiger charge is -2.24. The minimum absolute atomic E-state index is 0.302. The number of aryl methyl sites for hydroxylation is 1. The van der Waals surface area contributed by atoms with E-state index in [2.05, 4.69) is 28.6 Å². The Morgan fingerprint density at radius 1 is 1.20 bits per heavy atom. The first kappa shape index (κ1) is 15.8. The first-order valence-electron chi connectivity index (χ1n) is 8.61. The third-order valence-corrected chi connectivity index (χ3v) is 5.07. The Kier molecular flexibility index (Phi) is 4.01. The molecule has 3 aromatic rings. The lowest BCUT2D eigenvalue weighted by Crippen LogP contribution is -2.24. The highest BCUT2D eigenvalue weighted by atomic mass is 16.4. The second-order valence-corrected chi connectivity index (χ2v) is 6.65. The van der Waals surface area contributed by atoms with Gasteiger partial charge in [-0.15, -0.1) is 0 Å². The number of nitrogens with zero attached hydrogens (tertiary/aromatic N) is 3. The second kappa shape index (κ2) is 6.33. The van der Waals surface area contributed by atoms with Gasteiger partial charge in [-0.05, 0) is 49.2 Å². The molecule has 25 heavy (non-hydrogen) atoms. The van der Waals surface area contributed by atoms with E-state index in [1.54, 1.807) is 12.1 Å². The van der Waals surface area contributed by atoms with E-state index in [-0.39, 0.29) is 0 Å². The molecule has 1 fully saturated rings. The van der Waals surface area contributed by atoms with Crippen LogP contribution in [0.4, 0.5) is 0 Å². The Labute approximate surface area is 146 Å². The summed E-state index contributed by atoms with van der Waals surface area (Å²) in [6, 6.07) is 15.7. The molecule has 0 bridgehead atoms. The Balaban J connectivity index is 1.59. The van der Waals surface area contributed by atoms with Gasteiger partial charge in [-0.2, -0.15) is 0 Å². The molecule has 1 aliphatic heterocycles. The number of carboxylic acids is 1. The van der Waals surface area contributed by atoms with E-state index in [0.29, 0.717) is 11.6 Å². The molecular formula is C20H21N3O2. The number of fused-ring (bicyclic) bond motifs is 1. The number of likely N-dealkylation sites (tertiary alicyclic amines) is 1. The van der Waals surface area contributed by atoms with E-state index in [9.17, 15) is 4.79 Å². The molecule has 5 nitrogen and oxygen atoms in total. The fourth-order valence-electron chi connectivity index (χ4n) is 3.76. The van der Waals surface area contributed by atoms with Gasteiger partial charge in [0.05, 0.1) is 22.6 Å². The van der Waals surface area contributed by atoms with E-state index < -0.39 is 5.97 Å². The Hall–Kier alpha value is -2.66. The summed E-state index contributed by atoms with van der Waals surface area (Å²) >= 11 is 0. The normalized spacial score (nSPS) is 18.0. The molecule has 1 atom stereocenters. The maximum absolute atomic E-state index is 11.0. The van der Waals surface area contributed by atoms with Gasteiger partial charge in [-0.1, -0.05) is 24.3 Å². The molecular weight excluding hydrogens is 314 g/mol. The van der Waals surface area contributed by atoms with Crippen LogP contribution < -0.4 is 0 Å². The number of benzene rings is 2. The highest BCUT2D eigenvalue weighted by Gasteiger charge is 2.29. The van der Waals surface area contributed by atoms with Crippen LogP contribution in [0.25, 0.3) is 11.0 Å². The smallest absolute Gasteiger partial charge is 0.335 e. The maximum atomic E-state index is 11.0. The maximum Gasteiger partial charge on any atom is 0.335 e. The van der Waals surface area contributed by atoms with Crippen molar-refractivity contribution in [2.45, 2.75) is 25.4 Å². The van der Waals surface area contributed by atoms with E-state index in [0.717, 1.165) is 48.4 Å². The molecule has 2 heterocycles. The van der Waals surface area contributed by atoms with Crippen molar-refractivity contribution in [3.05, 3.63) is 65.5 Å². The largest absolute Gasteiger partial charge is 0.478 e. The third-order valence-electron chi connectivity index (χ3n) is 5.07. The quantitative estimate of drug-likeness (QED) is 0.791. The molecule has 1 saturated heterocycles. The van der Waals surface area contributed by atoms with Gasteiger partial charge in [-0.25, -0.2) is 9.78 Å². The van der Waals surface area contributed by atoms with E-state index in [1.807, 2.05) is 24.3 Å². The minimum Gasteiger partial charge on any atom is -0.478 e. The van der Waals surface area contributed by atoms with Gasteiger partial charge in [-0.3, -0.25) is 4.90 Å². The van der Waals surface area contributed by atoms with Crippen molar-refractivity contribution in [3.8, 4) is 0 Å². The number of imidazole rings is 1. The van der Waals surface area contributed by atoms with Crippen molar-refractivity contribution >= 4 is 17.0 Å². The molecule has 1 aliphatic rings. The molecule has 5 heteroatoms.